The van der Waals surface area contributed by atoms with Gasteiger partial charge >= 0.3 is 0 Å². The zero-order valence-electron chi connectivity index (χ0n) is 14.5. The third-order valence-electron chi connectivity index (χ3n) is 4.09. The summed E-state index contributed by atoms with van der Waals surface area (Å²) in [6.07, 6.45) is 3.77. The molecule has 25 heavy (non-hydrogen) atoms. The van der Waals surface area contributed by atoms with E-state index in [1.54, 1.807) is 6.20 Å². The second-order valence-corrected chi connectivity index (χ2v) is 5.90. The molecule has 0 fully saturated rings. The average Bonchev–Trinajstić information content (AvgIpc) is 3.07. The minimum atomic E-state index is 0.0195. The van der Waals surface area contributed by atoms with E-state index in [1.807, 2.05) is 37.4 Å². The van der Waals surface area contributed by atoms with Crippen molar-refractivity contribution in [2.45, 2.75) is 19.9 Å². The van der Waals surface area contributed by atoms with Gasteiger partial charge in [-0.25, -0.2) is 4.98 Å². The monoisotopic (exact) mass is 337 g/mol. The van der Waals surface area contributed by atoms with Crippen molar-refractivity contribution < 1.29 is 9.84 Å². The fourth-order valence-corrected chi connectivity index (χ4v) is 2.72. The van der Waals surface area contributed by atoms with Crippen LogP contribution in [0.15, 0.2) is 60.9 Å². The van der Waals surface area contributed by atoms with Gasteiger partial charge in [-0.2, -0.15) is 0 Å². The zero-order chi connectivity index (χ0) is 17.6. The Kier molecular flexibility index (Phi) is 5.36. The molecule has 0 saturated heterocycles. The van der Waals surface area contributed by atoms with Crippen LogP contribution in [-0.2, 0) is 0 Å². The van der Waals surface area contributed by atoms with Crippen molar-refractivity contribution >= 4 is 5.69 Å². The van der Waals surface area contributed by atoms with Crippen LogP contribution in [0.1, 0.15) is 24.4 Å². The molecule has 0 spiro atoms. The van der Waals surface area contributed by atoms with Gasteiger partial charge in [0, 0.05) is 29.8 Å². The van der Waals surface area contributed by atoms with Crippen LogP contribution in [0.3, 0.4) is 0 Å². The maximum Gasteiger partial charge on any atom is 0.119 e. The van der Waals surface area contributed by atoms with Gasteiger partial charge in [0.2, 0.25) is 0 Å². The molecule has 2 N–H and O–H groups in total. The van der Waals surface area contributed by atoms with E-state index in [-0.39, 0.29) is 12.6 Å². The predicted molar refractivity (Wildman–Crippen MR) is 99.4 cm³/mol. The lowest BCUT2D eigenvalue weighted by Gasteiger charge is -2.17. The molecule has 0 bridgehead atoms. The minimum Gasteiger partial charge on any atom is -0.491 e. The van der Waals surface area contributed by atoms with E-state index < -0.39 is 0 Å². The van der Waals surface area contributed by atoms with Crippen LogP contribution in [0.5, 0.6) is 5.75 Å². The summed E-state index contributed by atoms with van der Waals surface area (Å²) in [6, 6.07) is 16.4. The Morgan fingerprint density at radius 3 is 2.44 bits per heavy atom. The summed E-state index contributed by atoms with van der Waals surface area (Å²) < 4.78 is 7.44. The van der Waals surface area contributed by atoms with E-state index in [0.717, 1.165) is 22.9 Å². The van der Waals surface area contributed by atoms with E-state index in [1.165, 1.54) is 5.56 Å². The highest BCUT2D eigenvalue weighted by molar-refractivity contribution is 5.48. The molecule has 0 aliphatic rings. The summed E-state index contributed by atoms with van der Waals surface area (Å²) in [5, 5.41) is 12.3. The van der Waals surface area contributed by atoms with Crippen molar-refractivity contribution in [2.75, 3.05) is 18.5 Å². The molecule has 2 aromatic carbocycles. The number of nitrogens with zero attached hydrogens (tertiary/aromatic N) is 2. The van der Waals surface area contributed by atoms with Crippen molar-refractivity contribution in [2.24, 2.45) is 0 Å². The number of ether oxygens (including phenoxy) is 1. The van der Waals surface area contributed by atoms with Gasteiger partial charge < -0.3 is 19.7 Å². The van der Waals surface area contributed by atoms with Crippen molar-refractivity contribution in [1.82, 2.24) is 9.55 Å². The molecule has 1 aromatic heterocycles. The van der Waals surface area contributed by atoms with Crippen LogP contribution in [0, 0.1) is 6.92 Å². The molecule has 1 unspecified atom stereocenters. The maximum atomic E-state index is 8.78. The minimum absolute atomic E-state index is 0.0195. The fourth-order valence-electron chi connectivity index (χ4n) is 2.72. The first-order valence-corrected chi connectivity index (χ1v) is 8.38. The molecular formula is C20H23N3O2. The predicted octanol–water partition coefficient (Wildman–Crippen LogP) is 3.72. The first kappa shape index (κ1) is 17.0. The van der Waals surface area contributed by atoms with Crippen LogP contribution in [0.4, 0.5) is 5.69 Å². The largest absolute Gasteiger partial charge is 0.491 e. The first-order chi connectivity index (χ1) is 12.2. The molecule has 3 rings (SSSR count). The van der Waals surface area contributed by atoms with Gasteiger partial charge in [0.1, 0.15) is 18.2 Å². The van der Waals surface area contributed by atoms with E-state index in [0.29, 0.717) is 6.61 Å². The van der Waals surface area contributed by atoms with Crippen LogP contribution < -0.4 is 10.1 Å². The van der Waals surface area contributed by atoms with Gasteiger partial charge in [0.05, 0.1) is 6.61 Å². The summed E-state index contributed by atoms with van der Waals surface area (Å²) in [5.74, 6) is 1.73. The third-order valence-corrected chi connectivity index (χ3v) is 4.09. The lowest BCUT2D eigenvalue weighted by Crippen LogP contribution is -2.07. The topological polar surface area (TPSA) is 59.3 Å². The van der Waals surface area contributed by atoms with Gasteiger partial charge in [-0.15, -0.1) is 0 Å². The lowest BCUT2D eigenvalue weighted by molar-refractivity contribution is 0.201. The molecule has 0 saturated carbocycles. The molecule has 0 aliphatic heterocycles. The molecule has 130 valence electrons. The summed E-state index contributed by atoms with van der Waals surface area (Å²) in [5.41, 5.74) is 3.34. The summed E-state index contributed by atoms with van der Waals surface area (Å²) in [6.45, 7) is 4.46. The quantitative estimate of drug-likeness (QED) is 0.690. The number of imidazole rings is 1. The number of aliphatic hydroxyl groups is 1. The molecule has 0 radical (unpaired) electrons. The van der Waals surface area contributed by atoms with Gasteiger partial charge in [-0.3, -0.25) is 0 Å². The van der Waals surface area contributed by atoms with E-state index in [9.17, 15) is 0 Å². The molecule has 5 heteroatoms. The average molecular weight is 337 g/mol. The Morgan fingerprint density at radius 2 is 1.84 bits per heavy atom. The number of aromatic nitrogens is 2. The molecule has 0 amide bonds. The highest BCUT2D eigenvalue weighted by Gasteiger charge is 2.07. The SMILES string of the molecule is Cc1nccn1-c1ccc(C(C)Nc2ccc(OCCO)cc2)cc1. The number of benzene rings is 2. The van der Waals surface area contributed by atoms with Gasteiger partial charge in [0.15, 0.2) is 0 Å². The number of aliphatic hydroxyl groups excluding tert-OH is 1. The normalized spacial score (nSPS) is 12.0. The second kappa shape index (κ2) is 7.85. The van der Waals surface area contributed by atoms with Crippen LogP contribution in [-0.4, -0.2) is 27.9 Å². The molecule has 1 heterocycles. The van der Waals surface area contributed by atoms with Crippen molar-refractivity contribution in [1.29, 1.82) is 0 Å². The number of aryl methyl sites for hydroxylation is 1. The number of nitrogens with one attached hydrogen (secondary N) is 1. The van der Waals surface area contributed by atoms with E-state index in [2.05, 4.69) is 46.1 Å². The number of rotatable bonds is 7. The number of hydrogen-bond acceptors (Lipinski definition) is 4. The van der Waals surface area contributed by atoms with Gasteiger partial charge in [-0.1, -0.05) is 12.1 Å². The van der Waals surface area contributed by atoms with Crippen molar-refractivity contribution in [3.8, 4) is 11.4 Å². The maximum absolute atomic E-state index is 8.78. The smallest absolute Gasteiger partial charge is 0.119 e. The van der Waals surface area contributed by atoms with Gasteiger partial charge in [0.25, 0.3) is 0 Å². The summed E-state index contributed by atoms with van der Waals surface area (Å²) in [7, 11) is 0. The Labute approximate surface area is 147 Å². The Bertz CT molecular complexity index is 795. The third kappa shape index (κ3) is 4.19. The Balaban J connectivity index is 1.65. The highest BCUT2D eigenvalue weighted by Crippen LogP contribution is 2.23. The lowest BCUT2D eigenvalue weighted by atomic mass is 10.1. The first-order valence-electron chi connectivity index (χ1n) is 8.38. The van der Waals surface area contributed by atoms with E-state index >= 15 is 0 Å². The summed E-state index contributed by atoms with van der Waals surface area (Å²) in [4.78, 5) is 4.26. The van der Waals surface area contributed by atoms with Crippen LogP contribution in [0.25, 0.3) is 5.69 Å². The van der Waals surface area contributed by atoms with Crippen molar-refractivity contribution in [3.05, 3.63) is 72.3 Å². The van der Waals surface area contributed by atoms with Gasteiger partial charge in [-0.05, 0) is 55.8 Å². The molecule has 3 aromatic rings. The number of hydrogen-bond donors (Lipinski definition) is 2. The molecule has 0 aliphatic carbocycles. The molecule has 1 atom stereocenters. The molecular weight excluding hydrogens is 314 g/mol. The second-order valence-electron chi connectivity index (χ2n) is 5.90. The molecule has 5 nitrogen and oxygen atoms in total. The standard InChI is InChI=1S/C20H23N3O2/c1-15(22-18-5-9-20(10-6-18)25-14-13-24)17-3-7-19(8-4-17)23-12-11-21-16(23)2/h3-12,15,22,24H,13-14H2,1-2H3. The Morgan fingerprint density at radius 1 is 1.12 bits per heavy atom. The fraction of sp³-hybridized carbons (Fsp3) is 0.250. The zero-order valence-corrected chi connectivity index (χ0v) is 14.5. The Hall–Kier alpha value is -2.79. The highest BCUT2D eigenvalue weighted by atomic mass is 16.5. The van der Waals surface area contributed by atoms with E-state index in [4.69, 9.17) is 9.84 Å². The van der Waals surface area contributed by atoms with Crippen molar-refractivity contribution in [3.63, 3.8) is 0 Å². The van der Waals surface area contributed by atoms with Crippen LogP contribution in [0.2, 0.25) is 0 Å². The van der Waals surface area contributed by atoms with Crippen LogP contribution >= 0.6 is 0 Å². The summed E-state index contributed by atoms with van der Waals surface area (Å²) >= 11 is 0. The number of anilines is 1.